The van der Waals surface area contributed by atoms with E-state index in [1.54, 1.807) is 7.05 Å². The van der Waals surface area contributed by atoms with Crippen molar-refractivity contribution in [3.05, 3.63) is 46.2 Å². The molecule has 1 aromatic carbocycles. The van der Waals surface area contributed by atoms with Gasteiger partial charge in [0, 0.05) is 49.0 Å². The highest BCUT2D eigenvalue weighted by molar-refractivity contribution is 14.0. The van der Waals surface area contributed by atoms with E-state index in [0.29, 0.717) is 18.9 Å². The van der Waals surface area contributed by atoms with Crippen molar-refractivity contribution in [3.63, 3.8) is 0 Å². The Morgan fingerprint density at radius 3 is 2.46 bits per heavy atom. The number of anilines is 1. The third-order valence-electron chi connectivity index (χ3n) is 3.94. The number of aliphatic imine (C=N–C) groups is 1. The molecule has 0 atom stereocenters. The van der Waals surface area contributed by atoms with E-state index in [0.717, 1.165) is 35.4 Å². The predicted octanol–water partition coefficient (Wildman–Crippen LogP) is 3.46. The molecule has 1 heterocycles. The van der Waals surface area contributed by atoms with Crippen molar-refractivity contribution < 1.29 is 4.79 Å². The standard InChI is InChI=1S/C19H27BrN6O.HI/c1-14-13-15(2)26(25-14)12-4-10-22-19(21-3)23-11-9-18(27)24-17-7-5-16(20)6-8-17;/h5-8,13H,4,9-12H2,1-3H3,(H,24,27)(H2,21,22,23);1H. The number of carbonyl (C=O) groups is 1. The zero-order valence-electron chi connectivity index (χ0n) is 16.5. The summed E-state index contributed by atoms with van der Waals surface area (Å²) in [5.41, 5.74) is 3.00. The van der Waals surface area contributed by atoms with Crippen LogP contribution in [0.15, 0.2) is 39.8 Å². The van der Waals surface area contributed by atoms with Gasteiger partial charge in [-0.3, -0.25) is 14.5 Å². The fourth-order valence-electron chi connectivity index (χ4n) is 2.61. The molecule has 0 unspecified atom stereocenters. The lowest BCUT2D eigenvalue weighted by Gasteiger charge is -2.12. The lowest BCUT2D eigenvalue weighted by molar-refractivity contribution is -0.116. The van der Waals surface area contributed by atoms with E-state index in [-0.39, 0.29) is 29.9 Å². The van der Waals surface area contributed by atoms with Crippen molar-refractivity contribution in [2.45, 2.75) is 33.2 Å². The van der Waals surface area contributed by atoms with Gasteiger partial charge in [0.25, 0.3) is 0 Å². The van der Waals surface area contributed by atoms with Crippen molar-refractivity contribution in [2.24, 2.45) is 4.99 Å². The Kier molecular flexibility index (Phi) is 11.1. The normalized spacial score (nSPS) is 10.9. The van der Waals surface area contributed by atoms with Crippen LogP contribution in [0.25, 0.3) is 0 Å². The molecule has 7 nitrogen and oxygen atoms in total. The molecule has 0 aliphatic rings. The molecular formula is C19H28BrIN6O. The SMILES string of the molecule is CN=C(NCCCn1nc(C)cc1C)NCCC(=O)Nc1ccc(Br)cc1.I. The van der Waals surface area contributed by atoms with E-state index < -0.39 is 0 Å². The number of amides is 1. The summed E-state index contributed by atoms with van der Waals surface area (Å²) in [6, 6.07) is 9.59. The number of guanidine groups is 1. The molecule has 2 rings (SSSR count). The molecule has 0 fully saturated rings. The minimum atomic E-state index is -0.0372. The Balaban J connectivity index is 0.00000392. The van der Waals surface area contributed by atoms with Gasteiger partial charge in [-0.1, -0.05) is 15.9 Å². The van der Waals surface area contributed by atoms with Gasteiger partial charge in [-0.25, -0.2) is 0 Å². The highest BCUT2D eigenvalue weighted by Crippen LogP contribution is 2.14. The van der Waals surface area contributed by atoms with Gasteiger partial charge in [0.1, 0.15) is 0 Å². The molecule has 9 heteroatoms. The minimum absolute atomic E-state index is 0. The van der Waals surface area contributed by atoms with Gasteiger partial charge in [0.15, 0.2) is 5.96 Å². The van der Waals surface area contributed by atoms with Crippen LogP contribution < -0.4 is 16.0 Å². The first kappa shape index (κ1) is 24.4. The Bertz CT molecular complexity index is 775. The summed E-state index contributed by atoms with van der Waals surface area (Å²) in [4.78, 5) is 16.2. The molecule has 2 aromatic rings. The lowest BCUT2D eigenvalue weighted by Crippen LogP contribution is -2.39. The third kappa shape index (κ3) is 8.59. The molecule has 0 bridgehead atoms. The molecule has 0 saturated heterocycles. The van der Waals surface area contributed by atoms with Gasteiger partial charge in [-0.2, -0.15) is 5.10 Å². The van der Waals surface area contributed by atoms with Crippen LogP contribution in [0.2, 0.25) is 0 Å². The zero-order chi connectivity index (χ0) is 19.6. The summed E-state index contributed by atoms with van der Waals surface area (Å²) in [6.45, 7) is 6.22. The largest absolute Gasteiger partial charge is 0.356 e. The third-order valence-corrected chi connectivity index (χ3v) is 4.47. The maximum atomic E-state index is 12.0. The maximum absolute atomic E-state index is 12.0. The Morgan fingerprint density at radius 2 is 1.86 bits per heavy atom. The number of aromatic nitrogens is 2. The second-order valence-electron chi connectivity index (χ2n) is 6.23. The number of halogens is 2. The first-order valence-corrected chi connectivity index (χ1v) is 9.78. The van der Waals surface area contributed by atoms with Crippen molar-refractivity contribution in [1.29, 1.82) is 0 Å². The summed E-state index contributed by atoms with van der Waals surface area (Å²) in [6.07, 6.45) is 1.30. The molecule has 0 aliphatic carbocycles. The van der Waals surface area contributed by atoms with Crippen LogP contribution >= 0.6 is 39.9 Å². The fourth-order valence-corrected chi connectivity index (χ4v) is 2.87. The molecule has 154 valence electrons. The number of nitrogens with one attached hydrogen (secondary N) is 3. The van der Waals surface area contributed by atoms with Gasteiger partial charge in [0.05, 0.1) is 5.69 Å². The topological polar surface area (TPSA) is 83.3 Å². The molecule has 0 spiro atoms. The van der Waals surface area contributed by atoms with E-state index >= 15 is 0 Å². The number of hydrogen-bond acceptors (Lipinski definition) is 3. The quantitative estimate of drug-likeness (QED) is 0.199. The monoisotopic (exact) mass is 562 g/mol. The van der Waals surface area contributed by atoms with Crippen molar-refractivity contribution in [1.82, 2.24) is 20.4 Å². The van der Waals surface area contributed by atoms with Crippen molar-refractivity contribution in [3.8, 4) is 0 Å². The number of benzene rings is 1. The Hall–Kier alpha value is -1.62. The van der Waals surface area contributed by atoms with Crippen LogP contribution in [0.5, 0.6) is 0 Å². The Morgan fingerprint density at radius 1 is 1.18 bits per heavy atom. The number of aryl methyl sites for hydroxylation is 3. The predicted molar refractivity (Wildman–Crippen MR) is 128 cm³/mol. The zero-order valence-corrected chi connectivity index (χ0v) is 20.4. The molecule has 28 heavy (non-hydrogen) atoms. The summed E-state index contributed by atoms with van der Waals surface area (Å²) in [7, 11) is 1.72. The van der Waals surface area contributed by atoms with Gasteiger partial charge >= 0.3 is 0 Å². The van der Waals surface area contributed by atoms with E-state index in [1.165, 1.54) is 5.69 Å². The van der Waals surface area contributed by atoms with Crippen LogP contribution in [0.1, 0.15) is 24.2 Å². The maximum Gasteiger partial charge on any atom is 0.226 e. The Labute approximate surface area is 191 Å². The molecule has 0 saturated carbocycles. The summed E-state index contributed by atoms with van der Waals surface area (Å²) < 4.78 is 2.99. The van der Waals surface area contributed by atoms with Crippen LogP contribution in [-0.2, 0) is 11.3 Å². The van der Waals surface area contributed by atoms with Crippen LogP contribution in [-0.4, -0.2) is 41.8 Å². The summed E-state index contributed by atoms with van der Waals surface area (Å²) >= 11 is 3.37. The molecule has 1 amide bonds. The van der Waals surface area contributed by atoms with Gasteiger partial charge in [-0.05, 0) is 50.6 Å². The van der Waals surface area contributed by atoms with Gasteiger partial charge < -0.3 is 16.0 Å². The highest BCUT2D eigenvalue weighted by Gasteiger charge is 2.04. The van der Waals surface area contributed by atoms with E-state index in [9.17, 15) is 4.79 Å². The first-order chi connectivity index (χ1) is 13.0. The summed E-state index contributed by atoms with van der Waals surface area (Å²) in [5.74, 6) is 0.657. The number of carbonyl (C=O) groups excluding carboxylic acids is 1. The first-order valence-electron chi connectivity index (χ1n) is 8.99. The average Bonchev–Trinajstić information content (AvgIpc) is 2.96. The van der Waals surface area contributed by atoms with Crippen molar-refractivity contribution >= 4 is 57.5 Å². The lowest BCUT2D eigenvalue weighted by atomic mass is 10.3. The van der Waals surface area contributed by atoms with E-state index in [2.05, 4.69) is 55.0 Å². The molecule has 0 radical (unpaired) electrons. The second-order valence-corrected chi connectivity index (χ2v) is 7.15. The van der Waals surface area contributed by atoms with E-state index in [1.807, 2.05) is 35.9 Å². The average molecular weight is 563 g/mol. The highest BCUT2D eigenvalue weighted by atomic mass is 127. The van der Waals surface area contributed by atoms with Crippen LogP contribution in [0, 0.1) is 13.8 Å². The number of hydrogen-bond donors (Lipinski definition) is 3. The van der Waals surface area contributed by atoms with Crippen LogP contribution in [0.4, 0.5) is 5.69 Å². The smallest absolute Gasteiger partial charge is 0.226 e. The van der Waals surface area contributed by atoms with Crippen molar-refractivity contribution in [2.75, 3.05) is 25.5 Å². The molecular weight excluding hydrogens is 535 g/mol. The number of rotatable bonds is 8. The minimum Gasteiger partial charge on any atom is -0.356 e. The number of nitrogens with zero attached hydrogens (tertiary/aromatic N) is 3. The molecule has 1 aromatic heterocycles. The second kappa shape index (κ2) is 12.8. The van der Waals surface area contributed by atoms with E-state index in [4.69, 9.17) is 0 Å². The molecule has 3 N–H and O–H groups in total. The fraction of sp³-hybridized carbons (Fsp3) is 0.421. The van der Waals surface area contributed by atoms with Gasteiger partial charge in [0.2, 0.25) is 5.91 Å². The summed E-state index contributed by atoms with van der Waals surface area (Å²) in [5, 5.41) is 13.7. The molecule has 0 aliphatic heterocycles. The van der Waals surface area contributed by atoms with Crippen LogP contribution in [0.3, 0.4) is 0 Å². The van der Waals surface area contributed by atoms with Gasteiger partial charge in [-0.15, -0.1) is 24.0 Å².